The lowest BCUT2D eigenvalue weighted by Gasteiger charge is -2.23. The van der Waals surface area contributed by atoms with Gasteiger partial charge in [-0.2, -0.15) is 0 Å². The summed E-state index contributed by atoms with van der Waals surface area (Å²) in [5, 5.41) is 10.1. The third-order valence-electron chi connectivity index (χ3n) is 6.23. The summed E-state index contributed by atoms with van der Waals surface area (Å²) in [6.07, 6.45) is 6.48. The van der Waals surface area contributed by atoms with Gasteiger partial charge in [0.25, 0.3) is 5.91 Å². The van der Waals surface area contributed by atoms with Crippen molar-refractivity contribution in [3.05, 3.63) is 41.6 Å². The predicted molar refractivity (Wildman–Crippen MR) is 107 cm³/mol. The summed E-state index contributed by atoms with van der Waals surface area (Å²) in [7, 11) is 1.74. The van der Waals surface area contributed by atoms with Crippen LogP contribution in [0.2, 0.25) is 0 Å². The van der Waals surface area contributed by atoms with E-state index in [1.807, 2.05) is 30.3 Å². The number of benzene rings is 1. The Bertz CT molecular complexity index is 816. The smallest absolute Gasteiger partial charge is 0.254 e. The highest BCUT2D eigenvalue weighted by molar-refractivity contribution is 6.06. The maximum atomic E-state index is 13.0. The van der Waals surface area contributed by atoms with Gasteiger partial charge in [-0.3, -0.25) is 14.7 Å². The lowest BCUT2D eigenvalue weighted by Crippen LogP contribution is -2.31. The van der Waals surface area contributed by atoms with Crippen molar-refractivity contribution in [3.8, 4) is 0 Å². The van der Waals surface area contributed by atoms with E-state index in [1.165, 1.54) is 25.7 Å². The van der Waals surface area contributed by atoms with Crippen LogP contribution in [0.5, 0.6) is 0 Å². The molecule has 0 radical (unpaired) electrons. The Kier molecular flexibility index (Phi) is 5.41. The molecule has 0 unspecified atom stereocenters. The van der Waals surface area contributed by atoms with Crippen LogP contribution < -0.4 is 0 Å². The number of aromatic nitrogens is 1. The SMILES string of the molecule is CN(CCO)C(=O)c1cc([C@@H]2CCN(C3CCCC3)C2)nc2ccccc12. The van der Waals surface area contributed by atoms with Gasteiger partial charge in [-0.05, 0) is 37.9 Å². The van der Waals surface area contributed by atoms with Crippen LogP contribution in [0.1, 0.15) is 54.1 Å². The second kappa shape index (κ2) is 7.95. The second-order valence-corrected chi connectivity index (χ2v) is 7.98. The molecule has 1 N–H and O–H groups in total. The topological polar surface area (TPSA) is 56.7 Å². The number of aliphatic hydroxyl groups is 1. The molecule has 144 valence electrons. The van der Waals surface area contributed by atoms with Gasteiger partial charge in [0, 0.05) is 43.2 Å². The van der Waals surface area contributed by atoms with Gasteiger partial charge in [0.15, 0.2) is 0 Å². The van der Waals surface area contributed by atoms with E-state index >= 15 is 0 Å². The molecular formula is C22H29N3O2. The molecular weight excluding hydrogens is 338 g/mol. The number of fused-ring (bicyclic) bond motifs is 1. The van der Waals surface area contributed by atoms with Crippen molar-refractivity contribution < 1.29 is 9.90 Å². The van der Waals surface area contributed by atoms with Crippen molar-refractivity contribution in [3.63, 3.8) is 0 Å². The number of nitrogens with zero attached hydrogens (tertiary/aromatic N) is 3. The molecule has 1 saturated carbocycles. The van der Waals surface area contributed by atoms with Crippen LogP contribution in [-0.4, -0.2) is 65.1 Å². The van der Waals surface area contributed by atoms with Crippen LogP contribution in [0.25, 0.3) is 10.9 Å². The largest absolute Gasteiger partial charge is 0.395 e. The first-order chi connectivity index (χ1) is 13.2. The Labute approximate surface area is 161 Å². The van der Waals surface area contributed by atoms with Crippen LogP contribution >= 0.6 is 0 Å². The van der Waals surface area contributed by atoms with Crippen LogP contribution in [0, 0.1) is 0 Å². The molecule has 1 aliphatic carbocycles. The average molecular weight is 367 g/mol. The molecule has 4 rings (SSSR count). The van der Waals surface area contributed by atoms with Crippen molar-refractivity contribution >= 4 is 16.8 Å². The maximum Gasteiger partial charge on any atom is 0.254 e. The van der Waals surface area contributed by atoms with Crippen LogP contribution in [-0.2, 0) is 0 Å². The molecule has 1 amide bonds. The van der Waals surface area contributed by atoms with Crippen molar-refractivity contribution in [1.29, 1.82) is 0 Å². The third-order valence-corrected chi connectivity index (χ3v) is 6.23. The van der Waals surface area contributed by atoms with Gasteiger partial charge in [0.2, 0.25) is 0 Å². The molecule has 2 aromatic rings. The number of rotatable bonds is 5. The molecule has 2 fully saturated rings. The van der Waals surface area contributed by atoms with Gasteiger partial charge in [0.05, 0.1) is 17.7 Å². The first kappa shape index (κ1) is 18.4. The van der Waals surface area contributed by atoms with Crippen molar-refractivity contribution in [2.24, 2.45) is 0 Å². The summed E-state index contributed by atoms with van der Waals surface area (Å²) < 4.78 is 0. The first-order valence-corrected chi connectivity index (χ1v) is 10.2. The minimum Gasteiger partial charge on any atom is -0.395 e. The molecule has 5 heteroatoms. The summed E-state index contributed by atoms with van der Waals surface area (Å²) in [6, 6.07) is 10.6. The van der Waals surface area contributed by atoms with E-state index in [2.05, 4.69) is 4.90 Å². The van der Waals surface area contributed by atoms with Gasteiger partial charge in [-0.15, -0.1) is 0 Å². The van der Waals surface area contributed by atoms with Crippen molar-refractivity contribution in [2.45, 2.75) is 44.1 Å². The Hall–Kier alpha value is -1.98. The molecule has 1 saturated heterocycles. The zero-order valence-electron chi connectivity index (χ0n) is 16.1. The van der Waals surface area contributed by atoms with Gasteiger partial charge < -0.3 is 10.0 Å². The Morgan fingerprint density at radius 2 is 2.04 bits per heavy atom. The third kappa shape index (κ3) is 3.71. The van der Waals surface area contributed by atoms with Gasteiger partial charge in [-0.25, -0.2) is 0 Å². The highest BCUT2D eigenvalue weighted by Gasteiger charge is 2.32. The number of hydrogen-bond acceptors (Lipinski definition) is 4. The number of para-hydroxylation sites is 1. The Morgan fingerprint density at radius 1 is 1.26 bits per heavy atom. The number of carbonyl (C=O) groups excluding carboxylic acids is 1. The van der Waals surface area contributed by atoms with Crippen LogP contribution in [0.3, 0.4) is 0 Å². The van der Waals surface area contributed by atoms with Crippen LogP contribution in [0.4, 0.5) is 0 Å². The van der Waals surface area contributed by atoms with Gasteiger partial charge in [-0.1, -0.05) is 31.0 Å². The van der Waals surface area contributed by atoms with E-state index in [4.69, 9.17) is 4.98 Å². The van der Waals surface area contributed by atoms with Gasteiger partial charge >= 0.3 is 0 Å². The number of amides is 1. The molecule has 0 bridgehead atoms. The molecule has 1 aromatic carbocycles. The molecule has 0 spiro atoms. The van der Waals surface area contributed by atoms with Crippen LogP contribution in [0.15, 0.2) is 30.3 Å². The molecule has 1 atom stereocenters. The van der Waals surface area contributed by atoms with Crippen molar-refractivity contribution in [1.82, 2.24) is 14.8 Å². The van der Waals surface area contributed by atoms with Gasteiger partial charge in [0.1, 0.15) is 0 Å². The number of pyridine rings is 1. The summed E-state index contributed by atoms with van der Waals surface area (Å²) in [5.41, 5.74) is 2.62. The number of likely N-dealkylation sites (N-methyl/N-ethyl adjacent to an activating group) is 1. The summed E-state index contributed by atoms with van der Waals surface area (Å²) in [5.74, 6) is 0.347. The number of likely N-dealkylation sites (tertiary alicyclic amines) is 1. The summed E-state index contributed by atoms with van der Waals surface area (Å²) in [6.45, 7) is 2.49. The van der Waals surface area contributed by atoms with Crippen molar-refractivity contribution in [2.75, 3.05) is 33.3 Å². The zero-order valence-corrected chi connectivity index (χ0v) is 16.1. The van der Waals surface area contributed by atoms with E-state index in [-0.39, 0.29) is 12.5 Å². The monoisotopic (exact) mass is 367 g/mol. The predicted octanol–water partition coefficient (Wildman–Crippen LogP) is 3.03. The Balaban J connectivity index is 1.64. The number of aliphatic hydroxyl groups excluding tert-OH is 1. The maximum absolute atomic E-state index is 13.0. The fourth-order valence-electron chi connectivity index (χ4n) is 4.67. The van der Waals surface area contributed by atoms with E-state index in [1.54, 1.807) is 11.9 Å². The summed E-state index contributed by atoms with van der Waals surface area (Å²) >= 11 is 0. The minimum absolute atomic E-state index is 0.0307. The standard InChI is InChI=1S/C22H29N3O2/c1-24(12-13-26)22(27)19-14-21(23-20-9-5-4-8-18(19)20)16-10-11-25(15-16)17-6-2-3-7-17/h4-5,8-9,14,16-17,26H,2-3,6-7,10-13,15H2,1H3/t16-/m1/s1. The zero-order chi connectivity index (χ0) is 18.8. The van der Waals surface area contributed by atoms with E-state index in [0.29, 0.717) is 18.0 Å². The molecule has 2 aliphatic rings. The lowest BCUT2D eigenvalue weighted by atomic mass is 9.99. The van der Waals surface area contributed by atoms with E-state index in [0.717, 1.165) is 42.1 Å². The van der Waals surface area contributed by atoms with E-state index < -0.39 is 0 Å². The molecule has 1 aliphatic heterocycles. The summed E-state index contributed by atoms with van der Waals surface area (Å²) in [4.78, 5) is 22.1. The minimum atomic E-state index is -0.0467. The fourth-order valence-corrected chi connectivity index (χ4v) is 4.67. The highest BCUT2D eigenvalue weighted by Crippen LogP contribution is 2.34. The molecule has 2 heterocycles. The molecule has 5 nitrogen and oxygen atoms in total. The first-order valence-electron chi connectivity index (χ1n) is 10.2. The molecule has 1 aromatic heterocycles. The number of hydrogen-bond donors (Lipinski definition) is 1. The second-order valence-electron chi connectivity index (χ2n) is 7.98. The normalized spacial score (nSPS) is 21.2. The van der Waals surface area contributed by atoms with E-state index in [9.17, 15) is 9.90 Å². The quantitative estimate of drug-likeness (QED) is 0.883. The lowest BCUT2D eigenvalue weighted by molar-refractivity contribution is 0.0768. The number of carbonyl (C=O) groups is 1. The highest BCUT2D eigenvalue weighted by atomic mass is 16.3. The Morgan fingerprint density at radius 3 is 2.81 bits per heavy atom. The fraction of sp³-hybridized carbons (Fsp3) is 0.545. The average Bonchev–Trinajstić information content (AvgIpc) is 3.38. The molecule has 27 heavy (non-hydrogen) atoms.